The van der Waals surface area contributed by atoms with Crippen LogP contribution in [-0.4, -0.2) is 36.5 Å². The normalized spacial score (nSPS) is 10.7. The van der Waals surface area contributed by atoms with Gasteiger partial charge < -0.3 is 14.2 Å². The molecule has 0 N–H and O–H groups in total. The molecule has 0 heterocycles. The van der Waals surface area contributed by atoms with Crippen molar-refractivity contribution in [3.8, 4) is 17.6 Å². The SMILES string of the molecule is CCOC(=O)COc1ccc(/C=C(\C#N)C(=O)c2cccc([N+](=O)[O-])c2)cc1OCC. The highest BCUT2D eigenvalue weighted by atomic mass is 16.6. The average molecular weight is 424 g/mol. The van der Waals surface area contributed by atoms with Crippen LogP contribution >= 0.6 is 0 Å². The van der Waals surface area contributed by atoms with E-state index >= 15 is 0 Å². The molecule has 0 aliphatic heterocycles. The van der Waals surface area contributed by atoms with Gasteiger partial charge in [-0.3, -0.25) is 14.9 Å². The maximum Gasteiger partial charge on any atom is 0.344 e. The third-order valence-electron chi connectivity index (χ3n) is 3.91. The molecular weight excluding hydrogens is 404 g/mol. The topological polar surface area (TPSA) is 129 Å². The molecule has 0 unspecified atom stereocenters. The van der Waals surface area contributed by atoms with E-state index in [-0.39, 0.29) is 30.0 Å². The summed E-state index contributed by atoms with van der Waals surface area (Å²) >= 11 is 0. The van der Waals surface area contributed by atoms with Crippen LogP contribution in [0.3, 0.4) is 0 Å². The summed E-state index contributed by atoms with van der Waals surface area (Å²) in [6.07, 6.45) is 1.35. The summed E-state index contributed by atoms with van der Waals surface area (Å²) in [6.45, 7) is 3.72. The lowest BCUT2D eigenvalue weighted by Gasteiger charge is -2.12. The second kappa shape index (κ2) is 11.1. The van der Waals surface area contributed by atoms with Crippen LogP contribution in [0.4, 0.5) is 5.69 Å². The van der Waals surface area contributed by atoms with Crippen LogP contribution in [0.25, 0.3) is 6.08 Å². The Morgan fingerprint density at radius 1 is 1.10 bits per heavy atom. The molecule has 0 fully saturated rings. The van der Waals surface area contributed by atoms with Gasteiger partial charge in [-0.05, 0) is 37.6 Å². The monoisotopic (exact) mass is 424 g/mol. The maximum absolute atomic E-state index is 12.7. The Kier molecular flexibility index (Phi) is 8.28. The van der Waals surface area contributed by atoms with Crippen molar-refractivity contribution < 1.29 is 28.7 Å². The van der Waals surface area contributed by atoms with Crippen molar-refractivity contribution in [3.05, 3.63) is 69.3 Å². The quantitative estimate of drug-likeness (QED) is 0.141. The fraction of sp³-hybridized carbons (Fsp3) is 0.227. The standard InChI is InChI=1S/C22H20N2O7/c1-3-29-20-11-15(8-9-19(20)31-14-21(25)30-4-2)10-17(13-23)22(26)16-6-5-7-18(12-16)24(27)28/h5-12H,3-4,14H2,1-2H3/b17-10+. The van der Waals surface area contributed by atoms with Crippen LogP contribution in [0, 0.1) is 21.4 Å². The molecule has 2 aromatic rings. The second-order valence-corrected chi connectivity index (χ2v) is 6.04. The van der Waals surface area contributed by atoms with E-state index in [1.54, 1.807) is 32.0 Å². The van der Waals surface area contributed by atoms with Crippen molar-refractivity contribution in [2.75, 3.05) is 19.8 Å². The van der Waals surface area contributed by atoms with E-state index in [9.17, 15) is 25.0 Å². The molecule has 0 aliphatic rings. The Labute approximate surface area is 178 Å². The third-order valence-corrected chi connectivity index (χ3v) is 3.91. The minimum Gasteiger partial charge on any atom is -0.490 e. The van der Waals surface area contributed by atoms with Crippen LogP contribution in [0.2, 0.25) is 0 Å². The van der Waals surface area contributed by atoms with Crippen LogP contribution in [0.15, 0.2) is 48.0 Å². The second-order valence-electron chi connectivity index (χ2n) is 6.04. The molecule has 2 aromatic carbocycles. The number of nitro benzene ring substituents is 1. The van der Waals surface area contributed by atoms with Crippen molar-refractivity contribution in [2.45, 2.75) is 13.8 Å². The number of rotatable bonds is 10. The number of nitriles is 1. The maximum atomic E-state index is 12.7. The number of benzene rings is 2. The summed E-state index contributed by atoms with van der Waals surface area (Å²) in [5, 5.41) is 20.4. The van der Waals surface area contributed by atoms with Gasteiger partial charge in [0.2, 0.25) is 5.78 Å². The van der Waals surface area contributed by atoms with Crippen LogP contribution in [0.1, 0.15) is 29.8 Å². The summed E-state index contributed by atoms with van der Waals surface area (Å²) in [6, 6.07) is 11.7. The lowest BCUT2D eigenvalue weighted by Crippen LogP contribution is -2.15. The van der Waals surface area contributed by atoms with Gasteiger partial charge >= 0.3 is 5.97 Å². The Bertz CT molecular complexity index is 1050. The number of Topliss-reactive ketones (excluding diaryl/α,β-unsaturated/α-hetero) is 1. The lowest BCUT2D eigenvalue weighted by atomic mass is 10.0. The fourth-order valence-electron chi connectivity index (χ4n) is 2.57. The highest BCUT2D eigenvalue weighted by Gasteiger charge is 2.16. The molecule has 0 aromatic heterocycles. The van der Waals surface area contributed by atoms with E-state index in [0.717, 1.165) is 6.07 Å². The molecule has 0 bridgehead atoms. The molecule has 31 heavy (non-hydrogen) atoms. The van der Waals surface area contributed by atoms with E-state index in [0.29, 0.717) is 23.7 Å². The lowest BCUT2D eigenvalue weighted by molar-refractivity contribution is -0.384. The number of hydrogen-bond acceptors (Lipinski definition) is 8. The Hall–Kier alpha value is -4.19. The molecule has 0 spiro atoms. The summed E-state index contributed by atoms with van der Waals surface area (Å²) in [7, 11) is 0. The first kappa shape index (κ1) is 23.1. The van der Waals surface area contributed by atoms with E-state index in [4.69, 9.17) is 14.2 Å². The van der Waals surface area contributed by atoms with Crippen molar-refractivity contribution in [1.29, 1.82) is 5.26 Å². The van der Waals surface area contributed by atoms with Gasteiger partial charge in [0.15, 0.2) is 18.1 Å². The first-order chi connectivity index (χ1) is 14.9. The first-order valence-electron chi connectivity index (χ1n) is 9.35. The summed E-state index contributed by atoms with van der Waals surface area (Å²) in [5.74, 6) is -0.550. The zero-order valence-electron chi connectivity index (χ0n) is 17.0. The highest BCUT2D eigenvalue weighted by Crippen LogP contribution is 2.30. The number of carbonyl (C=O) groups is 2. The molecule has 0 aliphatic carbocycles. The number of hydrogen-bond donors (Lipinski definition) is 0. The number of ketones is 1. The van der Waals surface area contributed by atoms with E-state index in [1.807, 2.05) is 6.07 Å². The number of carbonyl (C=O) groups excluding carboxylic acids is 2. The number of ether oxygens (including phenoxy) is 3. The number of non-ortho nitro benzene ring substituents is 1. The molecule has 0 saturated carbocycles. The first-order valence-corrected chi connectivity index (χ1v) is 9.35. The largest absolute Gasteiger partial charge is 0.490 e. The van der Waals surface area contributed by atoms with Crippen LogP contribution in [-0.2, 0) is 9.53 Å². The highest BCUT2D eigenvalue weighted by molar-refractivity contribution is 6.14. The van der Waals surface area contributed by atoms with Gasteiger partial charge in [0, 0.05) is 17.7 Å². The number of allylic oxidation sites excluding steroid dienone is 1. The van der Waals surface area contributed by atoms with Crippen molar-refractivity contribution in [2.24, 2.45) is 0 Å². The Morgan fingerprint density at radius 3 is 2.52 bits per heavy atom. The number of nitro groups is 1. The van der Waals surface area contributed by atoms with Gasteiger partial charge in [-0.25, -0.2) is 4.79 Å². The zero-order chi connectivity index (χ0) is 22.8. The molecular formula is C22H20N2O7. The predicted molar refractivity (Wildman–Crippen MR) is 111 cm³/mol. The van der Waals surface area contributed by atoms with E-state index in [1.165, 1.54) is 24.3 Å². The molecule has 160 valence electrons. The fourth-order valence-corrected chi connectivity index (χ4v) is 2.57. The predicted octanol–water partition coefficient (Wildman–Crippen LogP) is 3.73. The molecule has 9 nitrogen and oxygen atoms in total. The van der Waals surface area contributed by atoms with Gasteiger partial charge in [-0.15, -0.1) is 0 Å². The minimum absolute atomic E-state index is 0.0291. The summed E-state index contributed by atoms with van der Waals surface area (Å²) < 4.78 is 15.8. The van der Waals surface area contributed by atoms with Gasteiger partial charge in [-0.2, -0.15) is 5.26 Å². The van der Waals surface area contributed by atoms with Crippen molar-refractivity contribution >= 4 is 23.5 Å². The minimum atomic E-state index is -0.646. The number of esters is 1. The molecule has 0 saturated heterocycles. The Morgan fingerprint density at radius 2 is 1.87 bits per heavy atom. The van der Waals surface area contributed by atoms with Crippen LogP contribution < -0.4 is 9.47 Å². The zero-order valence-corrected chi connectivity index (χ0v) is 17.0. The van der Waals surface area contributed by atoms with Crippen molar-refractivity contribution in [1.82, 2.24) is 0 Å². The van der Waals surface area contributed by atoms with E-state index in [2.05, 4.69) is 0 Å². The molecule has 0 radical (unpaired) electrons. The molecule has 2 rings (SSSR count). The van der Waals surface area contributed by atoms with E-state index < -0.39 is 16.7 Å². The smallest absolute Gasteiger partial charge is 0.344 e. The van der Waals surface area contributed by atoms with Gasteiger partial charge in [-0.1, -0.05) is 18.2 Å². The molecule has 0 atom stereocenters. The third kappa shape index (κ3) is 6.40. The van der Waals surface area contributed by atoms with Crippen molar-refractivity contribution in [3.63, 3.8) is 0 Å². The summed E-state index contributed by atoms with van der Waals surface area (Å²) in [4.78, 5) is 34.5. The van der Waals surface area contributed by atoms with Gasteiger partial charge in [0.1, 0.15) is 11.6 Å². The van der Waals surface area contributed by atoms with Crippen LogP contribution in [0.5, 0.6) is 11.5 Å². The Balaban J connectivity index is 2.31. The summed E-state index contributed by atoms with van der Waals surface area (Å²) in [5.41, 5.74) is 0.0525. The molecule has 0 amide bonds. The molecule has 9 heteroatoms. The van der Waals surface area contributed by atoms with Gasteiger partial charge in [0.25, 0.3) is 5.69 Å². The van der Waals surface area contributed by atoms with Gasteiger partial charge in [0.05, 0.1) is 18.1 Å². The number of nitrogens with zero attached hydrogens (tertiary/aromatic N) is 2. The average Bonchev–Trinajstić information content (AvgIpc) is 2.77.